The van der Waals surface area contributed by atoms with Crippen LogP contribution < -0.4 is 10.2 Å². The fourth-order valence-corrected chi connectivity index (χ4v) is 5.43. The lowest BCUT2D eigenvalue weighted by Gasteiger charge is -2.47. The van der Waals surface area contributed by atoms with Crippen LogP contribution in [0.1, 0.15) is 32.8 Å². The Labute approximate surface area is 190 Å². The first-order chi connectivity index (χ1) is 15.1. The number of rotatable bonds is 7. The summed E-state index contributed by atoms with van der Waals surface area (Å²) in [7, 11) is -3.94. The minimum absolute atomic E-state index is 0.0970. The monoisotopic (exact) mass is 457 g/mol. The van der Waals surface area contributed by atoms with E-state index in [1.54, 1.807) is 37.3 Å². The highest BCUT2D eigenvalue weighted by Gasteiger charge is 2.51. The van der Waals surface area contributed by atoms with Crippen molar-refractivity contribution >= 4 is 27.5 Å². The lowest BCUT2D eigenvalue weighted by molar-refractivity contribution is -0.132. The van der Waals surface area contributed by atoms with Gasteiger partial charge in [0.1, 0.15) is 5.54 Å². The van der Waals surface area contributed by atoms with Gasteiger partial charge in [-0.05, 0) is 49.9 Å². The molecule has 1 heterocycles. The quantitative estimate of drug-likeness (QED) is 0.693. The van der Waals surface area contributed by atoms with Gasteiger partial charge in [0.2, 0.25) is 21.8 Å². The second-order valence-corrected chi connectivity index (χ2v) is 10.8. The maximum absolute atomic E-state index is 13.4. The molecule has 2 aromatic rings. The third kappa shape index (κ3) is 4.71. The van der Waals surface area contributed by atoms with Crippen LogP contribution in [0.2, 0.25) is 0 Å². The third-order valence-electron chi connectivity index (χ3n) is 5.77. The molecule has 0 radical (unpaired) electrons. The van der Waals surface area contributed by atoms with Crippen molar-refractivity contribution in [3.8, 4) is 0 Å². The summed E-state index contributed by atoms with van der Waals surface area (Å²) < 4.78 is 27.7. The van der Waals surface area contributed by atoms with Gasteiger partial charge in [-0.2, -0.15) is 4.31 Å². The lowest BCUT2D eigenvalue weighted by Crippen LogP contribution is -2.70. The largest absolute Gasteiger partial charge is 0.354 e. The van der Waals surface area contributed by atoms with Crippen molar-refractivity contribution in [2.45, 2.75) is 44.6 Å². The van der Waals surface area contributed by atoms with E-state index in [1.807, 2.05) is 19.1 Å². The van der Waals surface area contributed by atoms with Crippen LogP contribution in [0.25, 0.3) is 0 Å². The Morgan fingerprint density at radius 1 is 1.09 bits per heavy atom. The zero-order chi connectivity index (χ0) is 23.5. The Hall–Kier alpha value is -2.71. The normalized spacial score (nSPS) is 19.9. The Morgan fingerprint density at radius 2 is 1.72 bits per heavy atom. The Morgan fingerprint density at radius 3 is 2.34 bits per heavy atom. The predicted octanol–water partition coefficient (Wildman–Crippen LogP) is 2.95. The standard InChI is InChI=1S/C24H31N3O4S/c1-18(2)14-15-25-23(29)24(4)17-26(32(30,31)20-11-6-5-7-12-20)16-22(28)27(24)21-13-9-8-10-19(21)3/h5-13,18H,14-17H2,1-4H3,(H,25,29)/t24-/m1/s1. The summed E-state index contributed by atoms with van der Waals surface area (Å²) in [4.78, 5) is 28.4. The smallest absolute Gasteiger partial charge is 0.247 e. The molecule has 1 aliphatic rings. The molecular weight excluding hydrogens is 426 g/mol. The van der Waals surface area contributed by atoms with Gasteiger partial charge < -0.3 is 5.32 Å². The summed E-state index contributed by atoms with van der Waals surface area (Å²) in [5, 5.41) is 2.92. The van der Waals surface area contributed by atoms with Crippen molar-refractivity contribution in [3.05, 3.63) is 60.2 Å². The van der Waals surface area contributed by atoms with Gasteiger partial charge in [0.15, 0.2) is 0 Å². The molecule has 1 fully saturated rings. The van der Waals surface area contributed by atoms with Gasteiger partial charge in [0.05, 0.1) is 11.4 Å². The van der Waals surface area contributed by atoms with Gasteiger partial charge in [-0.3, -0.25) is 14.5 Å². The van der Waals surface area contributed by atoms with E-state index in [9.17, 15) is 18.0 Å². The number of amides is 2. The molecule has 32 heavy (non-hydrogen) atoms. The molecule has 0 saturated carbocycles. The van der Waals surface area contributed by atoms with Gasteiger partial charge in [0.25, 0.3) is 0 Å². The lowest BCUT2D eigenvalue weighted by atomic mass is 9.93. The minimum atomic E-state index is -3.94. The van der Waals surface area contributed by atoms with Crippen LogP contribution in [0.5, 0.6) is 0 Å². The number of nitrogens with one attached hydrogen (secondary N) is 1. The van der Waals surface area contributed by atoms with E-state index in [2.05, 4.69) is 19.2 Å². The number of aryl methyl sites for hydroxylation is 1. The van der Waals surface area contributed by atoms with Crippen LogP contribution in [0.15, 0.2) is 59.5 Å². The van der Waals surface area contributed by atoms with Crippen molar-refractivity contribution in [2.75, 3.05) is 24.5 Å². The molecule has 1 aliphatic heterocycles. The molecule has 0 bridgehead atoms. The SMILES string of the molecule is Cc1ccccc1N1C(=O)CN(S(=O)(=O)c2ccccc2)C[C@]1(C)C(=O)NCCC(C)C. The molecule has 1 saturated heterocycles. The molecule has 2 amide bonds. The van der Waals surface area contributed by atoms with Crippen LogP contribution in [-0.4, -0.2) is 49.7 Å². The van der Waals surface area contributed by atoms with Crippen LogP contribution >= 0.6 is 0 Å². The van der Waals surface area contributed by atoms with Gasteiger partial charge in [-0.25, -0.2) is 8.42 Å². The molecule has 1 atom stereocenters. The van der Waals surface area contributed by atoms with Gasteiger partial charge in [-0.15, -0.1) is 0 Å². The fraction of sp³-hybridized carbons (Fsp3) is 0.417. The van der Waals surface area contributed by atoms with E-state index < -0.39 is 21.5 Å². The maximum Gasteiger partial charge on any atom is 0.247 e. The number of carbonyl (C=O) groups is 2. The summed E-state index contributed by atoms with van der Waals surface area (Å²) >= 11 is 0. The zero-order valence-corrected chi connectivity index (χ0v) is 19.9. The second-order valence-electron chi connectivity index (χ2n) is 8.81. The van der Waals surface area contributed by atoms with Crippen molar-refractivity contribution in [2.24, 2.45) is 5.92 Å². The Balaban J connectivity index is 2.02. The maximum atomic E-state index is 13.4. The van der Waals surface area contributed by atoms with Crippen molar-refractivity contribution < 1.29 is 18.0 Å². The number of hydrogen-bond acceptors (Lipinski definition) is 4. The van der Waals surface area contributed by atoms with E-state index in [1.165, 1.54) is 17.0 Å². The molecular formula is C24H31N3O4S. The summed E-state index contributed by atoms with van der Waals surface area (Å²) in [6.07, 6.45) is 0.784. The number of hydrogen-bond donors (Lipinski definition) is 1. The zero-order valence-electron chi connectivity index (χ0n) is 19.0. The number of carbonyl (C=O) groups excluding carboxylic acids is 2. The highest BCUT2D eigenvalue weighted by molar-refractivity contribution is 7.89. The molecule has 0 spiro atoms. The van der Waals surface area contributed by atoms with Crippen molar-refractivity contribution in [1.29, 1.82) is 0 Å². The summed E-state index contributed by atoms with van der Waals surface area (Å²) in [5.74, 6) is -0.409. The summed E-state index contributed by atoms with van der Waals surface area (Å²) in [6, 6.07) is 15.3. The topological polar surface area (TPSA) is 86.8 Å². The second kappa shape index (κ2) is 9.42. The van der Waals surface area contributed by atoms with E-state index in [0.29, 0.717) is 18.2 Å². The van der Waals surface area contributed by atoms with Gasteiger partial charge in [-0.1, -0.05) is 50.2 Å². The molecule has 2 aromatic carbocycles. The van der Waals surface area contributed by atoms with E-state index in [-0.39, 0.29) is 23.9 Å². The number of para-hydroxylation sites is 1. The summed E-state index contributed by atoms with van der Waals surface area (Å²) in [5.41, 5.74) is 0.0393. The van der Waals surface area contributed by atoms with Crippen LogP contribution in [0.4, 0.5) is 5.69 Å². The first kappa shape index (κ1) is 23.9. The predicted molar refractivity (Wildman–Crippen MR) is 125 cm³/mol. The number of nitrogens with zero attached hydrogens (tertiary/aromatic N) is 2. The highest BCUT2D eigenvalue weighted by atomic mass is 32.2. The Kier molecular flexibility index (Phi) is 7.05. The number of anilines is 1. The van der Waals surface area contributed by atoms with Crippen LogP contribution in [0, 0.1) is 12.8 Å². The summed E-state index contributed by atoms with van der Waals surface area (Å²) in [6.45, 7) is 7.60. The molecule has 0 unspecified atom stereocenters. The van der Waals surface area contributed by atoms with Crippen LogP contribution in [-0.2, 0) is 19.6 Å². The molecule has 0 aliphatic carbocycles. The highest BCUT2D eigenvalue weighted by Crippen LogP contribution is 2.33. The van der Waals surface area contributed by atoms with Crippen molar-refractivity contribution in [1.82, 2.24) is 9.62 Å². The molecule has 172 valence electrons. The fourth-order valence-electron chi connectivity index (χ4n) is 3.93. The number of piperazine rings is 1. The third-order valence-corrected chi connectivity index (χ3v) is 7.58. The number of sulfonamides is 1. The molecule has 3 rings (SSSR count). The minimum Gasteiger partial charge on any atom is -0.354 e. The van der Waals surface area contributed by atoms with E-state index >= 15 is 0 Å². The van der Waals surface area contributed by atoms with Gasteiger partial charge >= 0.3 is 0 Å². The number of benzene rings is 2. The molecule has 8 heteroatoms. The average molecular weight is 458 g/mol. The van der Waals surface area contributed by atoms with Crippen LogP contribution in [0.3, 0.4) is 0 Å². The average Bonchev–Trinajstić information content (AvgIpc) is 2.74. The Bertz CT molecular complexity index is 1090. The first-order valence-electron chi connectivity index (χ1n) is 10.8. The van der Waals surface area contributed by atoms with E-state index in [0.717, 1.165) is 16.3 Å². The first-order valence-corrected chi connectivity index (χ1v) is 12.2. The molecule has 1 N–H and O–H groups in total. The van der Waals surface area contributed by atoms with Crippen molar-refractivity contribution in [3.63, 3.8) is 0 Å². The molecule has 7 nitrogen and oxygen atoms in total. The molecule has 0 aromatic heterocycles. The van der Waals surface area contributed by atoms with E-state index in [4.69, 9.17) is 0 Å². The van der Waals surface area contributed by atoms with Gasteiger partial charge in [0, 0.05) is 18.8 Å².